The van der Waals surface area contributed by atoms with Crippen LogP contribution in [0.25, 0.3) is 0 Å². The highest BCUT2D eigenvalue weighted by atomic mass is 16.5. The third kappa shape index (κ3) is 4.93. The Morgan fingerprint density at radius 3 is 2.47 bits per heavy atom. The summed E-state index contributed by atoms with van der Waals surface area (Å²) in [5, 5.41) is 2.93. The number of benzene rings is 2. The number of nitrogens with one attached hydrogen (secondary N) is 1. The average molecular weight is 408 g/mol. The van der Waals surface area contributed by atoms with Crippen LogP contribution in [0.2, 0.25) is 0 Å². The fourth-order valence-corrected chi connectivity index (χ4v) is 4.05. The summed E-state index contributed by atoms with van der Waals surface area (Å²) in [6, 6.07) is 15.9. The van der Waals surface area contributed by atoms with Crippen LogP contribution in [-0.4, -0.2) is 38.1 Å². The molecular formula is C24H29N3O3. The lowest BCUT2D eigenvalue weighted by molar-refractivity contribution is -0.125. The third-order valence-electron chi connectivity index (χ3n) is 5.74. The van der Waals surface area contributed by atoms with Gasteiger partial charge in [0.1, 0.15) is 12.4 Å². The number of hydrogen-bond acceptors (Lipinski definition) is 4. The van der Waals surface area contributed by atoms with Crippen molar-refractivity contribution in [3.8, 4) is 5.75 Å². The molecule has 6 nitrogen and oxygen atoms in total. The molecule has 1 saturated heterocycles. The molecule has 6 heteroatoms. The lowest BCUT2D eigenvalue weighted by Gasteiger charge is -2.29. The van der Waals surface area contributed by atoms with E-state index in [9.17, 15) is 9.59 Å². The predicted molar refractivity (Wildman–Crippen MR) is 118 cm³/mol. The number of amides is 2. The highest BCUT2D eigenvalue weighted by Crippen LogP contribution is 2.31. The van der Waals surface area contributed by atoms with Crippen molar-refractivity contribution in [3.05, 3.63) is 54.1 Å². The Balaban J connectivity index is 1.23. The van der Waals surface area contributed by atoms with Crippen LogP contribution in [0.1, 0.15) is 37.7 Å². The number of ether oxygens (including phenoxy) is 1. The summed E-state index contributed by atoms with van der Waals surface area (Å²) >= 11 is 0. The van der Waals surface area contributed by atoms with Gasteiger partial charge in [-0.05, 0) is 49.1 Å². The van der Waals surface area contributed by atoms with E-state index in [1.54, 1.807) is 4.90 Å². The van der Waals surface area contributed by atoms with Gasteiger partial charge < -0.3 is 19.9 Å². The predicted octanol–water partition coefficient (Wildman–Crippen LogP) is 3.50. The number of anilines is 2. The van der Waals surface area contributed by atoms with Gasteiger partial charge in [0, 0.05) is 38.2 Å². The monoisotopic (exact) mass is 407 g/mol. The lowest BCUT2D eigenvalue weighted by Crippen LogP contribution is -2.38. The number of carbonyl (C=O) groups excluding carboxylic acids is 2. The van der Waals surface area contributed by atoms with Crippen molar-refractivity contribution in [2.45, 2.75) is 38.6 Å². The van der Waals surface area contributed by atoms with Crippen LogP contribution < -0.4 is 19.9 Å². The molecule has 2 aromatic rings. The van der Waals surface area contributed by atoms with E-state index in [0.717, 1.165) is 30.1 Å². The molecule has 2 aliphatic heterocycles. The van der Waals surface area contributed by atoms with Gasteiger partial charge in [-0.3, -0.25) is 9.59 Å². The zero-order chi connectivity index (χ0) is 20.8. The molecule has 2 aliphatic rings. The molecular weight excluding hydrogens is 378 g/mol. The summed E-state index contributed by atoms with van der Waals surface area (Å²) in [5.41, 5.74) is 3.10. The SMILES string of the molecule is O=C(CCC(=O)N1CCOc2ccccc21)NCc1ccc(N2CCCCC2)cc1. The quantitative estimate of drug-likeness (QED) is 0.796. The Morgan fingerprint density at radius 2 is 1.67 bits per heavy atom. The first-order chi connectivity index (χ1) is 14.7. The molecule has 1 fully saturated rings. The van der Waals surface area contributed by atoms with Crippen LogP contribution in [0.15, 0.2) is 48.5 Å². The van der Waals surface area contributed by atoms with Crippen molar-refractivity contribution in [2.75, 3.05) is 36.0 Å². The summed E-state index contributed by atoms with van der Waals surface area (Å²) in [6.07, 6.45) is 4.21. The highest BCUT2D eigenvalue weighted by Gasteiger charge is 2.23. The maximum absolute atomic E-state index is 12.6. The van der Waals surface area contributed by atoms with Crippen LogP contribution in [0.3, 0.4) is 0 Å². The molecule has 0 aromatic heterocycles. The topological polar surface area (TPSA) is 61.9 Å². The second-order valence-corrected chi connectivity index (χ2v) is 7.85. The van der Waals surface area contributed by atoms with Gasteiger partial charge in [0.2, 0.25) is 11.8 Å². The van der Waals surface area contributed by atoms with Crippen molar-refractivity contribution in [1.82, 2.24) is 5.32 Å². The summed E-state index contributed by atoms with van der Waals surface area (Å²) in [7, 11) is 0. The molecule has 1 N–H and O–H groups in total. The van der Waals surface area contributed by atoms with E-state index in [0.29, 0.717) is 19.7 Å². The first-order valence-corrected chi connectivity index (χ1v) is 10.8. The Labute approximate surface area is 177 Å². The van der Waals surface area contributed by atoms with Crippen molar-refractivity contribution in [1.29, 1.82) is 0 Å². The first-order valence-electron chi connectivity index (χ1n) is 10.8. The van der Waals surface area contributed by atoms with E-state index in [2.05, 4.69) is 34.5 Å². The molecule has 4 rings (SSSR count). The molecule has 2 amide bonds. The largest absolute Gasteiger partial charge is 0.490 e. The van der Waals surface area contributed by atoms with Gasteiger partial charge in [-0.15, -0.1) is 0 Å². The summed E-state index contributed by atoms with van der Waals surface area (Å²) < 4.78 is 5.59. The Hall–Kier alpha value is -3.02. The maximum Gasteiger partial charge on any atom is 0.227 e. The average Bonchev–Trinajstić information content (AvgIpc) is 2.81. The second kappa shape index (κ2) is 9.65. The van der Waals surface area contributed by atoms with Crippen LogP contribution in [-0.2, 0) is 16.1 Å². The van der Waals surface area contributed by atoms with Gasteiger partial charge in [-0.1, -0.05) is 24.3 Å². The van der Waals surface area contributed by atoms with Gasteiger partial charge in [-0.25, -0.2) is 0 Å². The van der Waals surface area contributed by atoms with Crippen molar-refractivity contribution in [2.24, 2.45) is 0 Å². The van der Waals surface area contributed by atoms with E-state index in [4.69, 9.17) is 4.74 Å². The number of carbonyl (C=O) groups is 2. The number of para-hydroxylation sites is 2. The Morgan fingerprint density at radius 1 is 0.900 bits per heavy atom. The van der Waals surface area contributed by atoms with Crippen molar-refractivity contribution < 1.29 is 14.3 Å². The molecule has 158 valence electrons. The minimum absolute atomic E-state index is 0.0493. The summed E-state index contributed by atoms with van der Waals surface area (Å²) in [5.74, 6) is 0.561. The van der Waals surface area contributed by atoms with Gasteiger partial charge in [0.15, 0.2) is 0 Å². The highest BCUT2D eigenvalue weighted by molar-refractivity contribution is 5.97. The maximum atomic E-state index is 12.6. The number of nitrogens with zero attached hydrogens (tertiary/aromatic N) is 2. The fourth-order valence-electron chi connectivity index (χ4n) is 4.05. The minimum atomic E-state index is -0.106. The number of fused-ring (bicyclic) bond motifs is 1. The standard InChI is InChI=1S/C24H29N3O3/c28-23(12-13-24(29)27-16-17-30-22-7-3-2-6-21(22)27)25-18-19-8-10-20(11-9-19)26-14-4-1-5-15-26/h2-3,6-11H,1,4-5,12-18H2,(H,25,28). The number of piperidine rings is 1. The minimum Gasteiger partial charge on any atom is -0.490 e. The lowest BCUT2D eigenvalue weighted by atomic mass is 10.1. The Kier molecular flexibility index (Phi) is 6.52. The molecule has 0 aliphatic carbocycles. The zero-order valence-corrected chi connectivity index (χ0v) is 17.3. The third-order valence-corrected chi connectivity index (χ3v) is 5.74. The molecule has 2 heterocycles. The fraction of sp³-hybridized carbons (Fsp3) is 0.417. The van der Waals surface area contributed by atoms with E-state index >= 15 is 0 Å². The number of hydrogen-bond donors (Lipinski definition) is 1. The normalized spacial score (nSPS) is 15.9. The number of rotatable bonds is 6. The first kappa shape index (κ1) is 20.3. The molecule has 0 unspecified atom stereocenters. The molecule has 0 atom stereocenters. The molecule has 0 bridgehead atoms. The van der Waals surface area contributed by atoms with Gasteiger partial charge in [0.25, 0.3) is 0 Å². The summed E-state index contributed by atoms with van der Waals surface area (Å²) in [4.78, 5) is 29.0. The van der Waals surface area contributed by atoms with E-state index < -0.39 is 0 Å². The van der Waals surface area contributed by atoms with Crippen LogP contribution in [0, 0.1) is 0 Å². The van der Waals surface area contributed by atoms with E-state index in [1.807, 2.05) is 24.3 Å². The molecule has 0 spiro atoms. The smallest absolute Gasteiger partial charge is 0.227 e. The molecule has 0 saturated carbocycles. The Bertz CT molecular complexity index is 876. The molecule has 0 radical (unpaired) electrons. The van der Waals surface area contributed by atoms with E-state index in [-0.39, 0.29) is 24.7 Å². The van der Waals surface area contributed by atoms with Gasteiger partial charge in [0.05, 0.1) is 12.2 Å². The van der Waals surface area contributed by atoms with Crippen LogP contribution in [0.4, 0.5) is 11.4 Å². The van der Waals surface area contributed by atoms with Crippen LogP contribution >= 0.6 is 0 Å². The van der Waals surface area contributed by atoms with Crippen molar-refractivity contribution >= 4 is 23.2 Å². The second-order valence-electron chi connectivity index (χ2n) is 7.85. The zero-order valence-electron chi connectivity index (χ0n) is 17.3. The molecule has 30 heavy (non-hydrogen) atoms. The van der Waals surface area contributed by atoms with E-state index in [1.165, 1.54) is 24.9 Å². The van der Waals surface area contributed by atoms with Gasteiger partial charge in [-0.2, -0.15) is 0 Å². The van der Waals surface area contributed by atoms with Crippen molar-refractivity contribution in [3.63, 3.8) is 0 Å². The summed E-state index contributed by atoms with van der Waals surface area (Å²) in [6.45, 7) is 3.71. The molecule has 2 aromatic carbocycles. The van der Waals surface area contributed by atoms with Gasteiger partial charge >= 0.3 is 0 Å². The van der Waals surface area contributed by atoms with Crippen LogP contribution in [0.5, 0.6) is 5.75 Å².